The van der Waals surface area contributed by atoms with Gasteiger partial charge in [-0.25, -0.2) is 0 Å². The molecule has 3 rings (SSSR count). The van der Waals surface area contributed by atoms with E-state index in [1.165, 1.54) is 0 Å². The first-order chi connectivity index (χ1) is 10.7. The van der Waals surface area contributed by atoms with E-state index in [0.717, 1.165) is 58.2 Å². The second-order valence-corrected chi connectivity index (χ2v) is 6.58. The summed E-state index contributed by atoms with van der Waals surface area (Å²) in [5.74, 6) is 0.232. The molecule has 122 valence electrons. The summed E-state index contributed by atoms with van der Waals surface area (Å²) in [5, 5.41) is 0. The fourth-order valence-electron chi connectivity index (χ4n) is 3.57. The molecule has 0 N–H and O–H groups in total. The van der Waals surface area contributed by atoms with Crippen molar-refractivity contribution in [3.8, 4) is 0 Å². The molecule has 1 atom stereocenters. The number of hydrogen-bond acceptors (Lipinski definition) is 3. The lowest BCUT2D eigenvalue weighted by atomic mass is 10.1. The van der Waals surface area contributed by atoms with Crippen LogP contribution in [0, 0.1) is 5.92 Å². The topological polar surface area (TPSA) is 49.9 Å². The molecule has 2 aliphatic heterocycles. The Morgan fingerprint density at radius 3 is 2.50 bits per heavy atom. The Hall–Kier alpha value is -1.36. The zero-order chi connectivity index (χ0) is 15.4. The Kier molecular flexibility index (Phi) is 5.13. The van der Waals surface area contributed by atoms with Crippen molar-refractivity contribution in [1.82, 2.24) is 9.80 Å². The Morgan fingerprint density at radius 2 is 1.86 bits per heavy atom. The number of nitrogens with zero attached hydrogens (tertiary/aromatic N) is 2. The van der Waals surface area contributed by atoms with Crippen molar-refractivity contribution in [1.29, 1.82) is 0 Å². The molecule has 3 aliphatic rings. The largest absolute Gasteiger partial charge is 0.376 e. The van der Waals surface area contributed by atoms with Gasteiger partial charge in [-0.2, -0.15) is 0 Å². The molecule has 0 radical (unpaired) electrons. The monoisotopic (exact) mass is 306 g/mol. The van der Waals surface area contributed by atoms with Gasteiger partial charge in [0.25, 0.3) is 0 Å². The fraction of sp³-hybridized carbons (Fsp3) is 0.765. The van der Waals surface area contributed by atoms with Crippen LogP contribution in [0.15, 0.2) is 12.2 Å². The predicted molar refractivity (Wildman–Crippen MR) is 83.2 cm³/mol. The maximum absolute atomic E-state index is 12.7. The highest BCUT2D eigenvalue weighted by Crippen LogP contribution is 2.22. The number of hydrogen-bond donors (Lipinski definition) is 0. The second-order valence-electron chi connectivity index (χ2n) is 6.58. The van der Waals surface area contributed by atoms with Crippen LogP contribution in [-0.4, -0.2) is 60.5 Å². The Morgan fingerprint density at radius 1 is 1.14 bits per heavy atom. The van der Waals surface area contributed by atoms with Gasteiger partial charge in [0.05, 0.1) is 12.6 Å². The molecule has 0 saturated carbocycles. The van der Waals surface area contributed by atoms with Crippen molar-refractivity contribution in [2.24, 2.45) is 5.92 Å². The minimum atomic E-state index is 0.0211. The minimum absolute atomic E-state index is 0.0211. The van der Waals surface area contributed by atoms with Gasteiger partial charge in [0.15, 0.2) is 0 Å². The Bertz CT molecular complexity index is 429. The molecule has 2 saturated heterocycles. The SMILES string of the molecule is O=C(CN(C[C@@H]1CCCO1)C(=O)C1CC=CC1)N1CCCC1. The maximum atomic E-state index is 12.7. The lowest BCUT2D eigenvalue weighted by Gasteiger charge is -2.29. The third-order valence-corrected chi connectivity index (χ3v) is 4.90. The van der Waals surface area contributed by atoms with Crippen LogP contribution in [0.2, 0.25) is 0 Å². The molecule has 5 heteroatoms. The maximum Gasteiger partial charge on any atom is 0.242 e. The van der Waals surface area contributed by atoms with Crippen LogP contribution >= 0.6 is 0 Å². The number of amides is 2. The summed E-state index contributed by atoms with van der Waals surface area (Å²) < 4.78 is 5.67. The molecule has 0 aromatic carbocycles. The lowest BCUT2D eigenvalue weighted by molar-refractivity contribution is -0.143. The Balaban J connectivity index is 1.61. The number of carbonyl (C=O) groups excluding carboxylic acids is 2. The summed E-state index contributed by atoms with van der Waals surface area (Å²) in [6.07, 6.45) is 10.0. The van der Waals surface area contributed by atoms with Crippen LogP contribution in [0.25, 0.3) is 0 Å². The first kappa shape index (κ1) is 15.5. The van der Waals surface area contributed by atoms with E-state index in [2.05, 4.69) is 12.2 Å². The lowest BCUT2D eigenvalue weighted by Crippen LogP contribution is -2.46. The molecule has 22 heavy (non-hydrogen) atoms. The quantitative estimate of drug-likeness (QED) is 0.725. The molecule has 2 heterocycles. The smallest absolute Gasteiger partial charge is 0.242 e. The van der Waals surface area contributed by atoms with Crippen LogP contribution in [0.4, 0.5) is 0 Å². The number of allylic oxidation sites excluding steroid dienone is 2. The van der Waals surface area contributed by atoms with E-state index in [1.54, 1.807) is 4.90 Å². The van der Waals surface area contributed by atoms with Crippen molar-refractivity contribution in [3.05, 3.63) is 12.2 Å². The third kappa shape index (κ3) is 3.69. The normalized spacial score (nSPS) is 25.1. The highest BCUT2D eigenvalue weighted by atomic mass is 16.5. The summed E-state index contributed by atoms with van der Waals surface area (Å²) in [5.41, 5.74) is 0. The first-order valence-electron chi connectivity index (χ1n) is 8.57. The van der Waals surface area contributed by atoms with E-state index >= 15 is 0 Å². The van der Waals surface area contributed by atoms with E-state index in [9.17, 15) is 9.59 Å². The van der Waals surface area contributed by atoms with Crippen LogP contribution in [0.1, 0.15) is 38.5 Å². The highest BCUT2D eigenvalue weighted by molar-refractivity contribution is 5.86. The third-order valence-electron chi connectivity index (χ3n) is 4.90. The summed E-state index contributed by atoms with van der Waals surface area (Å²) in [6, 6.07) is 0. The number of carbonyl (C=O) groups is 2. The molecule has 0 aromatic rings. The molecule has 0 spiro atoms. The summed E-state index contributed by atoms with van der Waals surface area (Å²) in [6.45, 7) is 3.24. The average molecular weight is 306 g/mol. The van der Waals surface area contributed by atoms with Crippen LogP contribution in [0.3, 0.4) is 0 Å². The molecule has 1 aliphatic carbocycles. The van der Waals surface area contributed by atoms with Crippen LogP contribution in [-0.2, 0) is 14.3 Å². The number of ether oxygens (including phenoxy) is 1. The van der Waals surface area contributed by atoms with E-state index in [1.807, 2.05) is 4.90 Å². The molecule has 0 bridgehead atoms. The van der Waals surface area contributed by atoms with E-state index in [-0.39, 0.29) is 30.4 Å². The van der Waals surface area contributed by atoms with Gasteiger partial charge in [-0.05, 0) is 38.5 Å². The van der Waals surface area contributed by atoms with Gasteiger partial charge in [-0.1, -0.05) is 12.2 Å². The van der Waals surface area contributed by atoms with Crippen LogP contribution in [0.5, 0.6) is 0 Å². The summed E-state index contributed by atoms with van der Waals surface area (Å²) in [4.78, 5) is 28.8. The average Bonchev–Trinajstić information content (AvgIpc) is 3.26. The van der Waals surface area contributed by atoms with Crippen LogP contribution < -0.4 is 0 Å². The van der Waals surface area contributed by atoms with E-state index < -0.39 is 0 Å². The summed E-state index contributed by atoms with van der Waals surface area (Å²) >= 11 is 0. The van der Waals surface area contributed by atoms with Gasteiger partial charge >= 0.3 is 0 Å². The van der Waals surface area contributed by atoms with Crippen molar-refractivity contribution >= 4 is 11.8 Å². The molecule has 5 nitrogen and oxygen atoms in total. The molecule has 0 unspecified atom stereocenters. The van der Waals surface area contributed by atoms with Gasteiger partial charge in [-0.3, -0.25) is 9.59 Å². The molecule has 2 fully saturated rings. The van der Waals surface area contributed by atoms with Crippen molar-refractivity contribution < 1.29 is 14.3 Å². The zero-order valence-corrected chi connectivity index (χ0v) is 13.2. The van der Waals surface area contributed by atoms with Gasteiger partial charge < -0.3 is 14.5 Å². The van der Waals surface area contributed by atoms with Gasteiger partial charge in [0.2, 0.25) is 11.8 Å². The second kappa shape index (κ2) is 7.27. The fourth-order valence-corrected chi connectivity index (χ4v) is 3.57. The van der Waals surface area contributed by atoms with E-state index in [0.29, 0.717) is 6.54 Å². The molecule has 2 amide bonds. The van der Waals surface area contributed by atoms with E-state index in [4.69, 9.17) is 4.74 Å². The molecular formula is C17H26N2O3. The number of likely N-dealkylation sites (tertiary alicyclic amines) is 1. The Labute approximate surface area is 132 Å². The highest BCUT2D eigenvalue weighted by Gasteiger charge is 2.31. The van der Waals surface area contributed by atoms with Gasteiger partial charge in [-0.15, -0.1) is 0 Å². The standard InChI is InChI=1S/C17H26N2O3/c20-16(18-9-3-4-10-18)13-19(12-15-8-5-11-22-15)17(21)14-6-1-2-7-14/h1-2,14-15H,3-13H2/t15-/m0/s1. The minimum Gasteiger partial charge on any atom is -0.376 e. The predicted octanol–water partition coefficient (Wildman–Crippen LogP) is 1.58. The van der Waals surface area contributed by atoms with Gasteiger partial charge in [0, 0.05) is 32.2 Å². The summed E-state index contributed by atoms with van der Waals surface area (Å²) in [7, 11) is 0. The molecule has 0 aromatic heterocycles. The number of rotatable bonds is 5. The molecular weight excluding hydrogens is 280 g/mol. The van der Waals surface area contributed by atoms with Crippen molar-refractivity contribution in [2.45, 2.75) is 44.6 Å². The van der Waals surface area contributed by atoms with Crippen molar-refractivity contribution in [3.63, 3.8) is 0 Å². The zero-order valence-electron chi connectivity index (χ0n) is 13.2. The van der Waals surface area contributed by atoms with Gasteiger partial charge in [0.1, 0.15) is 0 Å². The first-order valence-corrected chi connectivity index (χ1v) is 8.57. The van der Waals surface area contributed by atoms with Crippen molar-refractivity contribution in [2.75, 3.05) is 32.8 Å².